The average Bonchev–Trinajstić information content (AvgIpc) is 3.08. The summed E-state index contributed by atoms with van der Waals surface area (Å²) in [5.74, 6) is 1.17. The Morgan fingerprint density at radius 3 is 2.70 bits per heavy atom. The lowest BCUT2D eigenvalue weighted by molar-refractivity contribution is 0.120. The number of aromatic nitrogens is 2. The lowest BCUT2D eigenvalue weighted by Crippen LogP contribution is -2.45. The van der Waals surface area contributed by atoms with E-state index in [9.17, 15) is 10.4 Å². The first-order valence-electron chi connectivity index (χ1n) is 10.7. The number of aliphatic hydroxyl groups is 1. The smallest absolute Gasteiger partial charge is 0.191 e. The number of rotatable bonds is 7. The number of guanidine groups is 1. The molecule has 1 aliphatic rings. The number of hydrogen-bond donors (Lipinski definition) is 4. The summed E-state index contributed by atoms with van der Waals surface area (Å²) < 4.78 is 1.63. The van der Waals surface area contributed by atoms with Gasteiger partial charge in [-0.25, -0.2) is 4.68 Å². The fraction of sp³-hybridized carbons (Fsp3) is 0.500. The van der Waals surface area contributed by atoms with Crippen LogP contribution >= 0.6 is 0 Å². The third-order valence-corrected chi connectivity index (χ3v) is 5.33. The molecule has 1 fully saturated rings. The molecule has 1 aromatic heterocycles. The van der Waals surface area contributed by atoms with Gasteiger partial charge in [0.1, 0.15) is 17.5 Å². The van der Waals surface area contributed by atoms with Crippen molar-refractivity contribution in [3.8, 4) is 11.8 Å². The molecule has 8 nitrogen and oxygen atoms in total. The van der Waals surface area contributed by atoms with Crippen LogP contribution in [0.5, 0.6) is 0 Å². The molecule has 2 aromatic rings. The molecule has 0 aliphatic heterocycles. The molecular weight excluding hydrogens is 378 g/mol. The molecule has 0 atom stereocenters. The summed E-state index contributed by atoms with van der Waals surface area (Å²) in [7, 11) is 0. The van der Waals surface area contributed by atoms with Crippen molar-refractivity contribution in [2.24, 2.45) is 4.99 Å². The van der Waals surface area contributed by atoms with Gasteiger partial charge in [-0.1, -0.05) is 18.2 Å². The third-order valence-electron chi connectivity index (χ3n) is 5.33. The van der Waals surface area contributed by atoms with E-state index in [0.717, 1.165) is 50.3 Å². The van der Waals surface area contributed by atoms with E-state index in [0.29, 0.717) is 36.1 Å². The fourth-order valence-corrected chi connectivity index (χ4v) is 3.71. The topological polar surface area (TPSA) is 124 Å². The maximum atomic E-state index is 9.67. The van der Waals surface area contributed by atoms with E-state index < -0.39 is 0 Å². The molecule has 1 heterocycles. The zero-order valence-electron chi connectivity index (χ0n) is 17.5. The van der Waals surface area contributed by atoms with E-state index in [1.54, 1.807) is 4.68 Å². The Balaban J connectivity index is 1.60. The van der Waals surface area contributed by atoms with Gasteiger partial charge in [-0.3, -0.25) is 4.99 Å². The molecule has 1 aliphatic carbocycles. The Bertz CT molecular complexity index is 877. The molecule has 0 spiro atoms. The fourth-order valence-electron chi connectivity index (χ4n) is 3.71. The van der Waals surface area contributed by atoms with Crippen LogP contribution in [0.4, 0.5) is 5.82 Å². The van der Waals surface area contributed by atoms with Crippen LogP contribution in [0, 0.1) is 11.3 Å². The quantitative estimate of drug-likeness (QED) is 0.315. The van der Waals surface area contributed by atoms with Crippen LogP contribution in [-0.4, -0.2) is 46.1 Å². The molecule has 8 heteroatoms. The molecule has 0 radical (unpaired) electrons. The van der Waals surface area contributed by atoms with Crippen molar-refractivity contribution in [2.75, 3.05) is 18.8 Å². The van der Waals surface area contributed by atoms with Crippen LogP contribution in [0.15, 0.2) is 35.3 Å². The van der Waals surface area contributed by atoms with Gasteiger partial charge in [0.05, 0.1) is 17.5 Å². The van der Waals surface area contributed by atoms with E-state index in [-0.39, 0.29) is 6.10 Å². The summed E-state index contributed by atoms with van der Waals surface area (Å²) >= 11 is 0. The number of nitrogens with zero attached hydrogens (tertiary/aromatic N) is 4. The normalized spacial score (nSPS) is 19.3. The van der Waals surface area contributed by atoms with E-state index >= 15 is 0 Å². The summed E-state index contributed by atoms with van der Waals surface area (Å²) in [6.45, 7) is 3.45. The van der Waals surface area contributed by atoms with Crippen LogP contribution in [0.25, 0.3) is 5.69 Å². The lowest BCUT2D eigenvalue weighted by atomic mass is 9.93. The summed E-state index contributed by atoms with van der Waals surface area (Å²) in [5, 5.41) is 30.5. The molecule has 0 bridgehead atoms. The highest BCUT2D eigenvalue weighted by Gasteiger charge is 2.20. The molecule has 0 saturated heterocycles. The van der Waals surface area contributed by atoms with Crippen molar-refractivity contribution in [3.05, 3.63) is 41.6 Å². The predicted molar refractivity (Wildman–Crippen MR) is 118 cm³/mol. The van der Waals surface area contributed by atoms with Crippen LogP contribution in [0.1, 0.15) is 50.3 Å². The number of nitrogens with two attached hydrogens (primary N) is 1. The first-order valence-corrected chi connectivity index (χ1v) is 10.7. The largest absolute Gasteiger partial charge is 0.393 e. The van der Waals surface area contributed by atoms with E-state index in [1.165, 1.54) is 0 Å². The second kappa shape index (κ2) is 10.6. The minimum absolute atomic E-state index is 0.167. The van der Waals surface area contributed by atoms with Gasteiger partial charge in [-0.2, -0.15) is 10.4 Å². The first kappa shape index (κ1) is 21.7. The van der Waals surface area contributed by atoms with Crippen LogP contribution in [0.2, 0.25) is 0 Å². The number of nitrogens with one attached hydrogen (secondary N) is 2. The third kappa shape index (κ3) is 5.51. The number of nitriles is 1. The van der Waals surface area contributed by atoms with Crippen molar-refractivity contribution >= 4 is 11.8 Å². The first-order chi connectivity index (χ1) is 14.6. The van der Waals surface area contributed by atoms with E-state index in [1.807, 2.05) is 37.3 Å². The SMILES string of the molecule is CCNC(=NCCCc1nn(-c2ccccc2)c(N)c1C#N)NC1CCC(O)CC1. The number of benzene rings is 1. The van der Waals surface area contributed by atoms with Gasteiger partial charge in [0, 0.05) is 19.1 Å². The van der Waals surface area contributed by atoms with Crippen molar-refractivity contribution in [2.45, 2.75) is 57.6 Å². The monoisotopic (exact) mass is 409 g/mol. The highest BCUT2D eigenvalue weighted by Crippen LogP contribution is 2.21. The number of aliphatic imine (C=N–C) groups is 1. The second-order valence-corrected chi connectivity index (χ2v) is 7.58. The molecule has 0 amide bonds. The van der Waals surface area contributed by atoms with E-state index in [2.05, 4.69) is 26.8 Å². The number of aryl methyl sites for hydroxylation is 1. The number of para-hydroxylation sites is 1. The zero-order chi connectivity index (χ0) is 21.3. The van der Waals surface area contributed by atoms with Crippen molar-refractivity contribution in [1.29, 1.82) is 5.26 Å². The summed E-state index contributed by atoms with van der Waals surface area (Å²) in [5.41, 5.74) is 8.15. The van der Waals surface area contributed by atoms with Gasteiger partial charge in [-0.15, -0.1) is 0 Å². The highest BCUT2D eigenvalue weighted by molar-refractivity contribution is 5.80. The molecule has 1 aromatic carbocycles. The molecule has 160 valence electrons. The van der Waals surface area contributed by atoms with Crippen LogP contribution < -0.4 is 16.4 Å². The predicted octanol–water partition coefficient (Wildman–Crippen LogP) is 2.12. The minimum Gasteiger partial charge on any atom is -0.393 e. The average molecular weight is 410 g/mol. The highest BCUT2D eigenvalue weighted by atomic mass is 16.3. The summed E-state index contributed by atoms with van der Waals surface area (Å²) in [4.78, 5) is 4.67. The summed E-state index contributed by atoms with van der Waals surface area (Å²) in [6, 6.07) is 12.1. The minimum atomic E-state index is -0.167. The maximum absolute atomic E-state index is 9.67. The van der Waals surface area contributed by atoms with Crippen LogP contribution in [-0.2, 0) is 6.42 Å². The Morgan fingerprint density at radius 1 is 1.30 bits per heavy atom. The molecule has 3 rings (SSSR count). The molecule has 5 N–H and O–H groups in total. The molecular formula is C22H31N7O. The lowest BCUT2D eigenvalue weighted by Gasteiger charge is -2.27. The van der Waals surface area contributed by atoms with Crippen molar-refractivity contribution in [3.63, 3.8) is 0 Å². The van der Waals surface area contributed by atoms with Gasteiger partial charge in [0.25, 0.3) is 0 Å². The van der Waals surface area contributed by atoms with Gasteiger partial charge < -0.3 is 21.5 Å². The molecule has 30 heavy (non-hydrogen) atoms. The van der Waals surface area contributed by atoms with E-state index in [4.69, 9.17) is 5.73 Å². The molecule has 1 saturated carbocycles. The Morgan fingerprint density at radius 2 is 2.03 bits per heavy atom. The Labute approximate surface area is 177 Å². The zero-order valence-corrected chi connectivity index (χ0v) is 17.5. The molecule has 0 unspecified atom stereocenters. The number of hydrogen-bond acceptors (Lipinski definition) is 5. The van der Waals surface area contributed by atoms with Gasteiger partial charge in [0.15, 0.2) is 5.96 Å². The van der Waals surface area contributed by atoms with Crippen LogP contribution in [0.3, 0.4) is 0 Å². The van der Waals surface area contributed by atoms with Gasteiger partial charge in [-0.05, 0) is 57.6 Å². The standard InChI is InChI=1S/C22H31N7O/c1-2-25-22(27-16-10-12-18(30)13-11-16)26-14-6-9-20-19(15-23)21(24)29(28-20)17-7-4-3-5-8-17/h3-5,7-8,16,18,30H,2,6,9-14,24H2,1H3,(H2,25,26,27). The van der Waals surface area contributed by atoms with Crippen molar-refractivity contribution < 1.29 is 5.11 Å². The van der Waals surface area contributed by atoms with Gasteiger partial charge in [0.2, 0.25) is 0 Å². The Hall–Kier alpha value is -3.05. The van der Waals surface area contributed by atoms with Crippen molar-refractivity contribution in [1.82, 2.24) is 20.4 Å². The summed E-state index contributed by atoms with van der Waals surface area (Å²) in [6.07, 6.45) is 4.80. The second-order valence-electron chi connectivity index (χ2n) is 7.58. The maximum Gasteiger partial charge on any atom is 0.191 e. The Kier molecular flexibility index (Phi) is 7.69. The van der Waals surface area contributed by atoms with Gasteiger partial charge >= 0.3 is 0 Å². The number of nitrogen functional groups attached to an aromatic ring is 1. The number of aliphatic hydroxyl groups excluding tert-OH is 1. The number of anilines is 1.